The second-order valence-corrected chi connectivity index (χ2v) is 6.58. The van der Waals surface area contributed by atoms with E-state index in [2.05, 4.69) is 10.3 Å². The van der Waals surface area contributed by atoms with E-state index < -0.39 is 35.3 Å². The number of hydrogen-bond acceptors (Lipinski definition) is 5. The fourth-order valence-corrected chi connectivity index (χ4v) is 2.89. The third-order valence-corrected chi connectivity index (χ3v) is 4.35. The molecule has 0 spiro atoms. The Bertz CT molecular complexity index is 1140. The lowest BCUT2D eigenvalue weighted by Crippen LogP contribution is -2.33. The molecule has 3 rings (SSSR count). The molecule has 0 saturated carbocycles. The predicted octanol–water partition coefficient (Wildman–Crippen LogP) is 4.12. The Hall–Kier alpha value is -4.12. The van der Waals surface area contributed by atoms with E-state index in [9.17, 15) is 22.8 Å². The molecule has 8 nitrogen and oxygen atoms in total. The number of carbonyl (C=O) groups excluding carboxylic acids is 2. The van der Waals surface area contributed by atoms with E-state index >= 15 is 0 Å². The zero-order chi connectivity index (χ0) is 24.0. The lowest BCUT2D eigenvalue weighted by Gasteiger charge is -2.22. The summed E-state index contributed by atoms with van der Waals surface area (Å²) in [5.41, 5.74) is 4.96. The number of nitrogens with one attached hydrogen (secondary N) is 1. The van der Waals surface area contributed by atoms with Crippen LogP contribution >= 0.6 is 0 Å². The van der Waals surface area contributed by atoms with E-state index in [4.69, 9.17) is 15.2 Å². The molecule has 1 aromatic heterocycles. The molecule has 0 aliphatic rings. The number of halogens is 3. The van der Waals surface area contributed by atoms with Crippen LogP contribution in [0, 0.1) is 17.5 Å². The van der Waals surface area contributed by atoms with Crippen LogP contribution in [0.3, 0.4) is 0 Å². The van der Waals surface area contributed by atoms with Crippen LogP contribution in [0.2, 0.25) is 0 Å². The molecule has 0 atom stereocenters. The zero-order valence-corrected chi connectivity index (χ0v) is 17.3. The predicted molar refractivity (Wildman–Crippen MR) is 114 cm³/mol. The average molecular weight is 460 g/mol. The summed E-state index contributed by atoms with van der Waals surface area (Å²) in [7, 11) is 1.46. The highest BCUT2D eigenvalue weighted by Crippen LogP contribution is 2.35. The summed E-state index contributed by atoms with van der Waals surface area (Å²) >= 11 is 0. The molecule has 0 radical (unpaired) electrons. The molecule has 1 heterocycles. The third-order valence-electron chi connectivity index (χ3n) is 4.35. The minimum atomic E-state index is -1.21. The number of carbonyl (C=O) groups is 2. The van der Waals surface area contributed by atoms with Crippen molar-refractivity contribution in [2.75, 3.05) is 25.2 Å². The lowest BCUT2D eigenvalue weighted by molar-refractivity contribution is 0.180. The lowest BCUT2D eigenvalue weighted by atomic mass is 10.1. The average Bonchev–Trinajstić information content (AvgIpc) is 2.77. The van der Waals surface area contributed by atoms with Crippen molar-refractivity contribution < 1.29 is 32.2 Å². The molecule has 2 aromatic carbocycles. The van der Waals surface area contributed by atoms with Crippen molar-refractivity contribution in [3.05, 3.63) is 72.0 Å². The fourth-order valence-electron chi connectivity index (χ4n) is 2.89. The number of methoxy groups -OCH3 is 1. The second kappa shape index (κ2) is 10.5. The molecular weight excluding hydrogens is 441 g/mol. The monoisotopic (exact) mass is 460 g/mol. The van der Waals surface area contributed by atoms with Crippen molar-refractivity contribution in [1.29, 1.82) is 0 Å². The number of ether oxygens (including phenoxy) is 2. The zero-order valence-electron chi connectivity index (χ0n) is 17.3. The van der Waals surface area contributed by atoms with Gasteiger partial charge in [-0.05, 0) is 48.5 Å². The van der Waals surface area contributed by atoms with E-state index in [1.54, 1.807) is 0 Å². The second-order valence-electron chi connectivity index (χ2n) is 6.58. The number of pyridine rings is 1. The molecule has 0 saturated heterocycles. The molecule has 3 amide bonds. The van der Waals surface area contributed by atoms with Crippen LogP contribution in [0.15, 0.2) is 54.6 Å². The van der Waals surface area contributed by atoms with E-state index in [1.807, 2.05) is 0 Å². The van der Waals surface area contributed by atoms with Gasteiger partial charge in [0.2, 0.25) is 0 Å². The maximum Gasteiger partial charge on any atom is 0.412 e. The number of nitrogens with zero attached hydrogens (tertiary/aromatic N) is 2. The van der Waals surface area contributed by atoms with Crippen LogP contribution in [0.4, 0.5) is 34.3 Å². The Morgan fingerprint density at radius 2 is 1.70 bits per heavy atom. The first-order chi connectivity index (χ1) is 15.8. The number of para-hydroxylation sites is 1. The highest BCUT2D eigenvalue weighted by atomic mass is 19.1. The Kier molecular flexibility index (Phi) is 7.46. The minimum Gasteiger partial charge on any atom is -0.408 e. The number of urea groups is 1. The van der Waals surface area contributed by atoms with Crippen LogP contribution in [-0.4, -0.2) is 37.4 Å². The van der Waals surface area contributed by atoms with Gasteiger partial charge < -0.3 is 20.5 Å². The number of nitrogens with two attached hydrogens (primary N) is 1. The maximum absolute atomic E-state index is 14.4. The Balaban J connectivity index is 2.08. The quantitative estimate of drug-likeness (QED) is 0.516. The Morgan fingerprint density at radius 1 is 1.03 bits per heavy atom. The number of aromatic nitrogens is 1. The number of primary amides is 1. The molecule has 3 aromatic rings. The van der Waals surface area contributed by atoms with Crippen molar-refractivity contribution in [3.63, 3.8) is 0 Å². The van der Waals surface area contributed by atoms with Crippen molar-refractivity contribution in [3.8, 4) is 17.0 Å². The van der Waals surface area contributed by atoms with Crippen molar-refractivity contribution >= 4 is 23.6 Å². The Labute approximate surface area is 186 Å². The van der Waals surface area contributed by atoms with Gasteiger partial charge in [-0.2, -0.15) is 0 Å². The molecule has 0 aliphatic carbocycles. The van der Waals surface area contributed by atoms with Crippen molar-refractivity contribution in [1.82, 2.24) is 10.3 Å². The summed E-state index contributed by atoms with van der Waals surface area (Å²) in [6, 6.07) is 9.31. The molecule has 0 unspecified atom stereocenters. The normalized spacial score (nSPS) is 10.5. The number of rotatable bonds is 7. The van der Waals surface area contributed by atoms with Gasteiger partial charge >= 0.3 is 12.1 Å². The molecule has 172 valence electrons. The summed E-state index contributed by atoms with van der Waals surface area (Å²) in [6.45, 7) is 0.424. The number of benzene rings is 2. The molecule has 11 heteroatoms. The van der Waals surface area contributed by atoms with Crippen LogP contribution in [0.25, 0.3) is 11.3 Å². The van der Waals surface area contributed by atoms with E-state index in [-0.39, 0.29) is 30.4 Å². The smallest absolute Gasteiger partial charge is 0.408 e. The SMILES string of the molecule is COCCNC(=O)Oc1ccc(N(C(N)=O)c2c(F)cccc2F)nc1-c1ccc(F)cc1. The van der Waals surface area contributed by atoms with E-state index in [0.717, 1.165) is 30.3 Å². The first-order valence-corrected chi connectivity index (χ1v) is 9.57. The van der Waals surface area contributed by atoms with Gasteiger partial charge in [0.25, 0.3) is 0 Å². The maximum atomic E-state index is 14.4. The van der Waals surface area contributed by atoms with Gasteiger partial charge in [0.05, 0.1) is 6.61 Å². The largest absolute Gasteiger partial charge is 0.412 e. The Morgan fingerprint density at radius 3 is 2.30 bits per heavy atom. The summed E-state index contributed by atoms with van der Waals surface area (Å²) in [5.74, 6) is -2.92. The van der Waals surface area contributed by atoms with Gasteiger partial charge in [0, 0.05) is 19.2 Å². The van der Waals surface area contributed by atoms with Crippen molar-refractivity contribution in [2.45, 2.75) is 0 Å². The first-order valence-electron chi connectivity index (χ1n) is 9.57. The number of hydrogen-bond donors (Lipinski definition) is 2. The third kappa shape index (κ3) is 5.57. The molecule has 0 bridgehead atoms. The van der Waals surface area contributed by atoms with E-state index in [1.165, 1.54) is 31.4 Å². The summed E-state index contributed by atoms with van der Waals surface area (Å²) < 4.78 is 52.3. The summed E-state index contributed by atoms with van der Waals surface area (Å²) in [5, 5.41) is 2.46. The van der Waals surface area contributed by atoms with Crippen LogP contribution in [0.5, 0.6) is 5.75 Å². The highest BCUT2D eigenvalue weighted by Gasteiger charge is 2.25. The van der Waals surface area contributed by atoms with Gasteiger partial charge in [0.15, 0.2) is 5.75 Å². The van der Waals surface area contributed by atoms with Crippen LogP contribution < -0.4 is 20.7 Å². The number of anilines is 2. The molecule has 33 heavy (non-hydrogen) atoms. The van der Waals surface area contributed by atoms with Gasteiger partial charge in [-0.25, -0.2) is 32.6 Å². The first kappa shape index (κ1) is 23.5. The summed E-state index contributed by atoms with van der Waals surface area (Å²) in [4.78, 5) is 29.0. The number of amides is 3. The van der Waals surface area contributed by atoms with Crippen LogP contribution in [0.1, 0.15) is 0 Å². The highest BCUT2D eigenvalue weighted by molar-refractivity contribution is 5.98. The summed E-state index contributed by atoms with van der Waals surface area (Å²) in [6.07, 6.45) is -0.822. The van der Waals surface area contributed by atoms with Gasteiger partial charge in [-0.15, -0.1) is 0 Å². The topological polar surface area (TPSA) is 107 Å². The van der Waals surface area contributed by atoms with Gasteiger partial charge in [-0.3, -0.25) is 0 Å². The van der Waals surface area contributed by atoms with Crippen molar-refractivity contribution in [2.24, 2.45) is 5.73 Å². The van der Waals surface area contributed by atoms with E-state index in [0.29, 0.717) is 10.5 Å². The standard InChI is InChI=1S/C22H19F3N4O4/c1-32-12-11-27-22(31)33-17-9-10-18(28-19(17)13-5-7-14(23)8-6-13)29(21(26)30)20-15(24)3-2-4-16(20)25/h2-10H,11-12H2,1H3,(H2,26,30)(H,27,31). The van der Waals surface area contributed by atoms with Crippen LogP contribution in [-0.2, 0) is 4.74 Å². The minimum absolute atomic E-state index is 0.00242. The van der Waals surface area contributed by atoms with Gasteiger partial charge in [0.1, 0.15) is 34.7 Å². The molecule has 3 N–H and O–H groups in total. The fraction of sp³-hybridized carbons (Fsp3) is 0.136. The molecule has 0 fully saturated rings. The molecular formula is C22H19F3N4O4. The van der Waals surface area contributed by atoms with Gasteiger partial charge in [-0.1, -0.05) is 6.07 Å². The molecule has 0 aliphatic heterocycles.